The summed E-state index contributed by atoms with van der Waals surface area (Å²) in [6, 6.07) is 9.79. The number of halogens is 5. The van der Waals surface area contributed by atoms with Crippen molar-refractivity contribution in [3.05, 3.63) is 105 Å². The van der Waals surface area contributed by atoms with Gasteiger partial charge in [0.1, 0.15) is 11.6 Å². The Balaban J connectivity index is 1.39. The monoisotopic (exact) mass is 544 g/mol. The smallest absolute Gasteiger partial charge is 0.326 e. The summed E-state index contributed by atoms with van der Waals surface area (Å²) in [6.07, 6.45) is 5.70. The number of amides is 1. The minimum Gasteiger partial charge on any atom is -0.333 e. The first-order chi connectivity index (χ1) is 17.8. The lowest BCUT2D eigenvalue weighted by Crippen LogP contribution is -2.34. The van der Waals surface area contributed by atoms with E-state index in [1.807, 2.05) is 12.2 Å². The first-order valence-corrected chi connectivity index (χ1v) is 12.3. The van der Waals surface area contributed by atoms with Crippen molar-refractivity contribution in [3.8, 4) is 0 Å². The zero-order valence-electron chi connectivity index (χ0n) is 19.4. The van der Waals surface area contributed by atoms with Crippen LogP contribution in [0.25, 0.3) is 17.0 Å². The van der Waals surface area contributed by atoms with E-state index in [9.17, 15) is 18.0 Å². The Morgan fingerprint density at radius 3 is 2.65 bits per heavy atom. The summed E-state index contributed by atoms with van der Waals surface area (Å²) in [5, 5.41) is 3.40. The van der Waals surface area contributed by atoms with E-state index in [2.05, 4.69) is 15.2 Å². The summed E-state index contributed by atoms with van der Waals surface area (Å²) < 4.78 is 42.8. The molecule has 1 aliphatic heterocycles. The summed E-state index contributed by atoms with van der Waals surface area (Å²) in [6.45, 7) is 1.86. The lowest BCUT2D eigenvalue weighted by atomic mass is 10.0. The molecule has 1 N–H and O–H groups in total. The van der Waals surface area contributed by atoms with Crippen molar-refractivity contribution in [3.63, 3.8) is 0 Å². The van der Waals surface area contributed by atoms with E-state index in [1.165, 1.54) is 35.0 Å². The molecule has 10 heteroatoms. The van der Waals surface area contributed by atoms with Gasteiger partial charge in [0.15, 0.2) is 0 Å². The largest absolute Gasteiger partial charge is 0.333 e. The zero-order chi connectivity index (χ0) is 26.1. The van der Waals surface area contributed by atoms with E-state index in [-0.39, 0.29) is 16.6 Å². The molecular weight excluding hydrogens is 524 g/mol. The fourth-order valence-corrected chi connectivity index (χ4v) is 4.90. The minimum absolute atomic E-state index is 0.0607. The number of pyridine rings is 1. The third-order valence-corrected chi connectivity index (χ3v) is 6.90. The van der Waals surface area contributed by atoms with Crippen LogP contribution >= 0.6 is 23.2 Å². The van der Waals surface area contributed by atoms with E-state index >= 15 is 0 Å². The van der Waals surface area contributed by atoms with Crippen molar-refractivity contribution >= 4 is 46.2 Å². The molecule has 0 radical (unpaired) electrons. The van der Waals surface area contributed by atoms with Crippen molar-refractivity contribution in [2.45, 2.75) is 19.5 Å². The zero-order valence-corrected chi connectivity index (χ0v) is 21.0. The predicted molar refractivity (Wildman–Crippen MR) is 138 cm³/mol. The third-order valence-electron chi connectivity index (χ3n) is 6.32. The Hall–Kier alpha value is -3.33. The van der Waals surface area contributed by atoms with E-state index in [1.54, 1.807) is 18.2 Å². The molecule has 37 heavy (non-hydrogen) atoms. The molecule has 1 aliphatic rings. The molecule has 2 aromatic heterocycles. The molecule has 0 saturated heterocycles. The molecule has 4 aromatic rings. The van der Waals surface area contributed by atoms with Gasteiger partial charge in [-0.05, 0) is 53.1 Å². The molecule has 0 spiro atoms. The molecule has 0 bridgehead atoms. The molecule has 2 aromatic carbocycles. The molecule has 3 heterocycles. The number of fused-ring (bicyclic) bond motifs is 3. The second-order valence-electron chi connectivity index (χ2n) is 8.75. The number of nitrogens with one attached hydrogen (secondary N) is 1. The number of aromatic nitrogens is 2. The van der Waals surface area contributed by atoms with Gasteiger partial charge in [0.05, 0.1) is 15.6 Å². The van der Waals surface area contributed by atoms with Crippen LogP contribution in [0.3, 0.4) is 0 Å². The number of hydrogen-bond acceptors (Lipinski definition) is 3. The standard InChI is InChI=1S/C27H21Cl2F3N4O/c28-20-10-16(3-4-22(20)30)2-1-8-35-9-6-24-19(15-35)18-12-23(31)21(29)13-25(18)36(24)27(37)34-14-17-5-7-33-26(32)11-17/h1-5,7,10-13H,6,8-9,14-15H2,(H,34,37). The molecule has 0 unspecified atom stereocenters. The number of hydrogen-bond donors (Lipinski definition) is 1. The van der Waals surface area contributed by atoms with Gasteiger partial charge in [-0.2, -0.15) is 4.39 Å². The van der Waals surface area contributed by atoms with Crippen LogP contribution in [0.5, 0.6) is 0 Å². The van der Waals surface area contributed by atoms with Crippen LogP contribution in [-0.4, -0.2) is 33.6 Å². The van der Waals surface area contributed by atoms with Crippen LogP contribution in [0.4, 0.5) is 18.0 Å². The normalized spacial score (nSPS) is 13.9. The molecule has 1 amide bonds. The highest BCUT2D eigenvalue weighted by atomic mass is 35.5. The molecule has 5 rings (SSSR count). The van der Waals surface area contributed by atoms with Gasteiger partial charge >= 0.3 is 6.03 Å². The van der Waals surface area contributed by atoms with Gasteiger partial charge < -0.3 is 5.32 Å². The van der Waals surface area contributed by atoms with Gasteiger partial charge in [0.25, 0.3) is 0 Å². The predicted octanol–water partition coefficient (Wildman–Crippen LogP) is 6.59. The molecule has 0 atom stereocenters. The Bertz CT molecular complexity index is 1540. The first-order valence-electron chi connectivity index (χ1n) is 11.5. The van der Waals surface area contributed by atoms with E-state index in [0.717, 1.165) is 16.8 Å². The number of carbonyl (C=O) groups excluding carboxylic acids is 1. The maximum Gasteiger partial charge on any atom is 0.326 e. The van der Waals surface area contributed by atoms with Crippen LogP contribution in [0, 0.1) is 17.6 Å². The second kappa shape index (κ2) is 10.6. The van der Waals surface area contributed by atoms with Gasteiger partial charge in [-0.15, -0.1) is 0 Å². The summed E-state index contributed by atoms with van der Waals surface area (Å²) in [7, 11) is 0. The lowest BCUT2D eigenvalue weighted by Gasteiger charge is -2.27. The molecule has 190 valence electrons. The summed E-state index contributed by atoms with van der Waals surface area (Å²) in [5.41, 5.74) is 3.48. The van der Waals surface area contributed by atoms with E-state index < -0.39 is 23.6 Å². The highest BCUT2D eigenvalue weighted by molar-refractivity contribution is 6.31. The highest BCUT2D eigenvalue weighted by Crippen LogP contribution is 2.34. The topological polar surface area (TPSA) is 50.2 Å². The Morgan fingerprint density at radius 2 is 1.86 bits per heavy atom. The lowest BCUT2D eigenvalue weighted by molar-refractivity contribution is 0.240. The number of benzene rings is 2. The number of carbonyl (C=O) groups is 1. The molecular formula is C27H21Cl2F3N4O. The summed E-state index contributed by atoms with van der Waals surface area (Å²) in [4.78, 5) is 18.9. The Labute approximate surface area is 221 Å². The minimum atomic E-state index is -0.630. The van der Waals surface area contributed by atoms with Gasteiger partial charge in [-0.1, -0.05) is 41.4 Å². The van der Waals surface area contributed by atoms with Crippen molar-refractivity contribution in [2.24, 2.45) is 0 Å². The van der Waals surface area contributed by atoms with Crippen molar-refractivity contribution in [1.82, 2.24) is 19.8 Å². The van der Waals surface area contributed by atoms with E-state index in [0.29, 0.717) is 42.5 Å². The van der Waals surface area contributed by atoms with Crippen molar-refractivity contribution in [2.75, 3.05) is 13.1 Å². The fraction of sp³-hybridized carbons (Fsp3) is 0.185. The Morgan fingerprint density at radius 1 is 1.05 bits per heavy atom. The van der Waals surface area contributed by atoms with E-state index in [4.69, 9.17) is 23.2 Å². The van der Waals surface area contributed by atoms with Crippen molar-refractivity contribution in [1.29, 1.82) is 0 Å². The van der Waals surface area contributed by atoms with Gasteiger partial charge in [0.2, 0.25) is 5.95 Å². The SMILES string of the molecule is O=C(NCc1ccnc(F)c1)n1c2c(c3cc(F)c(Cl)cc31)CN(CC=Cc1ccc(F)c(Cl)c1)CC2. The van der Waals surface area contributed by atoms with Crippen LogP contribution in [0.15, 0.2) is 54.7 Å². The van der Waals surface area contributed by atoms with Crippen LogP contribution in [0.2, 0.25) is 10.0 Å². The number of rotatable bonds is 5. The maximum absolute atomic E-state index is 14.4. The van der Waals surface area contributed by atoms with Crippen LogP contribution in [0.1, 0.15) is 22.4 Å². The molecule has 0 aliphatic carbocycles. The molecule has 0 saturated carbocycles. The summed E-state index contributed by atoms with van der Waals surface area (Å²) >= 11 is 11.9. The average Bonchev–Trinajstić information content (AvgIpc) is 3.17. The number of nitrogens with zero attached hydrogens (tertiary/aromatic N) is 3. The Kier molecular flexibility index (Phi) is 7.24. The van der Waals surface area contributed by atoms with Crippen LogP contribution in [-0.2, 0) is 19.5 Å². The van der Waals surface area contributed by atoms with Crippen molar-refractivity contribution < 1.29 is 18.0 Å². The highest BCUT2D eigenvalue weighted by Gasteiger charge is 2.27. The fourth-order valence-electron chi connectivity index (χ4n) is 4.56. The quantitative estimate of drug-likeness (QED) is 0.288. The average molecular weight is 545 g/mol. The molecule has 5 nitrogen and oxygen atoms in total. The summed E-state index contributed by atoms with van der Waals surface area (Å²) in [5.74, 6) is -1.66. The maximum atomic E-state index is 14.4. The van der Waals surface area contributed by atoms with Gasteiger partial charge in [0, 0.05) is 49.9 Å². The van der Waals surface area contributed by atoms with Gasteiger partial charge in [-0.25, -0.2) is 18.6 Å². The molecule has 0 fully saturated rings. The third kappa shape index (κ3) is 5.37. The van der Waals surface area contributed by atoms with Gasteiger partial charge in [-0.3, -0.25) is 9.47 Å². The first kappa shape index (κ1) is 25.3. The second-order valence-corrected chi connectivity index (χ2v) is 9.57. The van der Waals surface area contributed by atoms with Crippen LogP contribution < -0.4 is 5.32 Å².